The monoisotopic (exact) mass is 617 g/mol. The number of halogens is 1. The SMILES string of the molecule is C=CCN1CC(=O)N2[C@@H](Cc3ccc(O)cc3)C(=O)N(Cc3cccc(Br)c3)C[C@@H]2N1C(=O)NCc1ccccc1. The van der Waals surface area contributed by atoms with E-state index in [-0.39, 0.29) is 49.7 Å². The molecule has 212 valence electrons. The van der Waals surface area contributed by atoms with Gasteiger partial charge in [-0.25, -0.2) is 14.8 Å². The summed E-state index contributed by atoms with van der Waals surface area (Å²) in [5, 5.41) is 16.0. The van der Waals surface area contributed by atoms with Gasteiger partial charge in [0.1, 0.15) is 18.0 Å². The van der Waals surface area contributed by atoms with Crippen LogP contribution in [0.1, 0.15) is 16.7 Å². The minimum atomic E-state index is -0.826. The number of phenolic OH excluding ortho intramolecular Hbond substituents is 1. The summed E-state index contributed by atoms with van der Waals surface area (Å²) >= 11 is 3.50. The van der Waals surface area contributed by atoms with Crippen LogP contribution in [0.2, 0.25) is 0 Å². The highest BCUT2D eigenvalue weighted by Crippen LogP contribution is 2.30. The fraction of sp³-hybridized carbons (Fsp3) is 0.258. The van der Waals surface area contributed by atoms with Crippen molar-refractivity contribution in [2.24, 2.45) is 0 Å². The third kappa shape index (κ3) is 6.44. The number of rotatable bonds is 8. The van der Waals surface area contributed by atoms with Crippen LogP contribution >= 0.6 is 15.9 Å². The average molecular weight is 619 g/mol. The van der Waals surface area contributed by atoms with Crippen molar-refractivity contribution in [1.29, 1.82) is 0 Å². The van der Waals surface area contributed by atoms with Gasteiger partial charge in [0, 0.05) is 30.5 Å². The number of carbonyl (C=O) groups is 3. The number of fused-ring (bicyclic) bond motifs is 1. The first kappa shape index (κ1) is 28.4. The van der Waals surface area contributed by atoms with Gasteiger partial charge in [0.25, 0.3) is 0 Å². The molecule has 0 unspecified atom stereocenters. The zero-order valence-corrected chi connectivity index (χ0v) is 24.1. The Bertz CT molecular complexity index is 1420. The van der Waals surface area contributed by atoms with E-state index in [1.165, 1.54) is 0 Å². The highest BCUT2D eigenvalue weighted by atomic mass is 79.9. The maximum Gasteiger partial charge on any atom is 0.334 e. The van der Waals surface area contributed by atoms with E-state index >= 15 is 0 Å². The van der Waals surface area contributed by atoms with E-state index in [4.69, 9.17) is 0 Å². The quantitative estimate of drug-likeness (QED) is 0.374. The highest BCUT2D eigenvalue weighted by Gasteiger charge is 2.51. The minimum absolute atomic E-state index is 0.0632. The van der Waals surface area contributed by atoms with Gasteiger partial charge in [-0.05, 0) is 41.0 Å². The molecule has 9 nitrogen and oxygen atoms in total. The second kappa shape index (κ2) is 12.6. The summed E-state index contributed by atoms with van der Waals surface area (Å²) in [6.07, 6.45) is 1.18. The first-order valence-electron chi connectivity index (χ1n) is 13.4. The molecule has 3 aromatic rings. The molecule has 0 aliphatic carbocycles. The Hall–Kier alpha value is -4.15. The molecule has 0 saturated carbocycles. The van der Waals surface area contributed by atoms with Crippen molar-refractivity contribution in [2.75, 3.05) is 19.6 Å². The maximum atomic E-state index is 14.0. The van der Waals surface area contributed by atoms with Gasteiger partial charge in [0.05, 0.1) is 13.1 Å². The number of nitrogens with zero attached hydrogens (tertiary/aromatic N) is 4. The van der Waals surface area contributed by atoms with Crippen molar-refractivity contribution in [1.82, 2.24) is 25.1 Å². The lowest BCUT2D eigenvalue weighted by atomic mass is 9.98. The van der Waals surface area contributed by atoms with Gasteiger partial charge in [-0.15, -0.1) is 6.58 Å². The average Bonchev–Trinajstić information content (AvgIpc) is 2.96. The molecule has 3 aromatic carbocycles. The van der Waals surface area contributed by atoms with Crippen LogP contribution in [0.5, 0.6) is 5.75 Å². The van der Waals surface area contributed by atoms with E-state index in [1.54, 1.807) is 50.2 Å². The van der Waals surface area contributed by atoms with E-state index in [2.05, 4.69) is 27.8 Å². The Balaban J connectivity index is 1.49. The number of benzene rings is 3. The Kier molecular flexibility index (Phi) is 8.70. The maximum absolute atomic E-state index is 14.0. The van der Waals surface area contributed by atoms with Crippen LogP contribution in [0.4, 0.5) is 4.79 Å². The zero-order valence-electron chi connectivity index (χ0n) is 22.5. The fourth-order valence-corrected chi connectivity index (χ4v) is 5.86. The molecule has 2 saturated heterocycles. The van der Waals surface area contributed by atoms with Crippen molar-refractivity contribution in [3.8, 4) is 5.75 Å². The normalized spacial score (nSPS) is 19.2. The number of amides is 4. The topological polar surface area (TPSA) is 96.4 Å². The first-order valence-corrected chi connectivity index (χ1v) is 14.2. The number of nitrogens with one attached hydrogen (secondary N) is 1. The number of aromatic hydroxyl groups is 1. The third-order valence-corrected chi connectivity index (χ3v) is 7.79. The molecule has 0 bridgehead atoms. The number of piperazine rings is 1. The molecule has 2 atom stereocenters. The number of hydrogen-bond acceptors (Lipinski definition) is 5. The van der Waals surface area contributed by atoms with Gasteiger partial charge in [0.2, 0.25) is 11.8 Å². The van der Waals surface area contributed by atoms with Gasteiger partial charge >= 0.3 is 6.03 Å². The van der Waals surface area contributed by atoms with Crippen molar-refractivity contribution >= 4 is 33.8 Å². The zero-order chi connectivity index (χ0) is 28.9. The minimum Gasteiger partial charge on any atom is -0.508 e. The molecule has 4 amide bonds. The van der Waals surface area contributed by atoms with Crippen LogP contribution < -0.4 is 5.32 Å². The van der Waals surface area contributed by atoms with Crippen molar-refractivity contribution in [3.05, 3.63) is 113 Å². The Morgan fingerprint density at radius 1 is 1.00 bits per heavy atom. The van der Waals surface area contributed by atoms with Gasteiger partial charge in [-0.3, -0.25) is 9.59 Å². The second-order valence-corrected chi connectivity index (χ2v) is 11.1. The van der Waals surface area contributed by atoms with E-state index in [0.717, 1.165) is 21.2 Å². The van der Waals surface area contributed by atoms with Crippen LogP contribution in [0, 0.1) is 0 Å². The van der Waals surface area contributed by atoms with Gasteiger partial charge in [-0.2, -0.15) is 0 Å². The van der Waals surface area contributed by atoms with Crippen LogP contribution in [-0.2, 0) is 29.1 Å². The summed E-state index contributed by atoms with van der Waals surface area (Å²) in [6.45, 7) is 4.84. The molecule has 5 rings (SSSR count). The number of phenols is 1. The lowest BCUT2D eigenvalue weighted by Gasteiger charge is -2.55. The molecule has 2 aliphatic heterocycles. The van der Waals surface area contributed by atoms with Gasteiger partial charge < -0.3 is 20.2 Å². The Morgan fingerprint density at radius 2 is 1.73 bits per heavy atom. The summed E-state index contributed by atoms with van der Waals surface area (Å²) in [6, 6.07) is 22.7. The fourth-order valence-electron chi connectivity index (χ4n) is 5.41. The molecule has 2 fully saturated rings. The van der Waals surface area contributed by atoms with E-state index < -0.39 is 12.2 Å². The number of hydrogen-bond donors (Lipinski definition) is 2. The van der Waals surface area contributed by atoms with Crippen molar-refractivity contribution < 1.29 is 19.5 Å². The molecule has 0 radical (unpaired) electrons. The van der Waals surface area contributed by atoms with Crippen LogP contribution in [0.25, 0.3) is 0 Å². The molecule has 2 heterocycles. The van der Waals surface area contributed by atoms with Crippen molar-refractivity contribution in [3.63, 3.8) is 0 Å². The van der Waals surface area contributed by atoms with Gasteiger partial charge in [0.15, 0.2) is 0 Å². The van der Waals surface area contributed by atoms with Crippen LogP contribution in [-0.4, -0.2) is 74.6 Å². The Labute approximate surface area is 247 Å². The molecule has 10 heteroatoms. The van der Waals surface area contributed by atoms with Crippen LogP contribution in [0.15, 0.2) is 96.0 Å². The largest absolute Gasteiger partial charge is 0.508 e. The smallest absolute Gasteiger partial charge is 0.334 e. The first-order chi connectivity index (χ1) is 19.8. The Morgan fingerprint density at radius 3 is 2.44 bits per heavy atom. The summed E-state index contributed by atoms with van der Waals surface area (Å²) in [5.74, 6) is -0.305. The predicted octanol–water partition coefficient (Wildman–Crippen LogP) is 3.89. The highest BCUT2D eigenvalue weighted by molar-refractivity contribution is 9.10. The second-order valence-electron chi connectivity index (χ2n) is 10.1. The molecule has 2 aliphatic rings. The van der Waals surface area contributed by atoms with Crippen LogP contribution in [0.3, 0.4) is 0 Å². The third-order valence-electron chi connectivity index (χ3n) is 7.29. The van der Waals surface area contributed by atoms with E-state index in [9.17, 15) is 19.5 Å². The molecular weight excluding hydrogens is 586 g/mol. The predicted molar refractivity (Wildman–Crippen MR) is 158 cm³/mol. The van der Waals surface area contributed by atoms with E-state index in [1.807, 2.05) is 54.6 Å². The number of carbonyl (C=O) groups excluding carboxylic acids is 3. The summed E-state index contributed by atoms with van der Waals surface area (Å²) in [4.78, 5) is 44.7. The molecule has 41 heavy (non-hydrogen) atoms. The molecule has 0 aromatic heterocycles. The molecule has 2 N–H and O–H groups in total. The summed E-state index contributed by atoms with van der Waals surface area (Å²) in [5.41, 5.74) is 2.67. The van der Waals surface area contributed by atoms with Crippen molar-refractivity contribution in [2.45, 2.75) is 31.7 Å². The number of urea groups is 1. The van der Waals surface area contributed by atoms with Gasteiger partial charge in [-0.1, -0.05) is 76.6 Å². The number of hydrazine groups is 1. The molecule has 0 spiro atoms. The standard InChI is InChI=1S/C31H32BrN5O4/c1-2-15-35-21-29(39)36-27(17-22-11-13-26(38)14-12-22)30(40)34(19-24-9-6-10-25(32)16-24)20-28(36)37(35)31(41)33-18-23-7-4-3-5-8-23/h2-14,16,27-28,38H,1,15,17-21H2,(H,33,41)/t27-,28-/m0/s1. The lowest BCUT2D eigenvalue weighted by molar-refractivity contribution is -0.189. The lowest BCUT2D eigenvalue weighted by Crippen LogP contribution is -2.76. The molecular formula is C31H32BrN5O4. The van der Waals surface area contributed by atoms with E-state index in [0.29, 0.717) is 13.1 Å². The summed E-state index contributed by atoms with van der Waals surface area (Å²) in [7, 11) is 0. The summed E-state index contributed by atoms with van der Waals surface area (Å²) < 4.78 is 0.897.